The predicted octanol–water partition coefficient (Wildman–Crippen LogP) is 6.44. The number of allylic oxidation sites excluding steroid dienone is 2. The third-order valence-corrected chi connectivity index (χ3v) is 13.3. The summed E-state index contributed by atoms with van der Waals surface area (Å²) >= 11 is 3.54. The van der Waals surface area contributed by atoms with E-state index in [1.165, 1.54) is 54.3 Å². The first-order valence-electron chi connectivity index (χ1n) is 17.2. The molecule has 2 N–H and O–H groups in total. The quantitative estimate of drug-likeness (QED) is 0.190. The number of ether oxygens (including phenoxy) is 1. The summed E-state index contributed by atoms with van der Waals surface area (Å²) in [6.07, 6.45) is 3.36. The number of aryl methyl sites for hydroxylation is 6. The normalized spacial score (nSPS) is 14.9. The molecule has 4 aromatic heterocycles. The third-order valence-electron chi connectivity index (χ3n) is 10.6. The van der Waals surface area contributed by atoms with Crippen molar-refractivity contribution >= 4 is 68.3 Å². The Morgan fingerprint density at radius 2 is 0.941 bits per heavy atom. The number of fused-ring (bicyclic) bond motifs is 2. The van der Waals surface area contributed by atoms with Crippen LogP contribution in [-0.4, -0.2) is 57.6 Å². The maximum atomic E-state index is 6.70. The van der Waals surface area contributed by atoms with Crippen molar-refractivity contribution in [2.24, 2.45) is 0 Å². The van der Waals surface area contributed by atoms with Crippen LogP contribution >= 0.6 is 22.7 Å². The van der Waals surface area contributed by atoms with Crippen molar-refractivity contribution in [3.8, 4) is 20.9 Å². The molecule has 0 unspecified atom stereocenters. The van der Waals surface area contributed by atoms with Crippen molar-refractivity contribution < 1.29 is 4.74 Å². The highest BCUT2D eigenvalue weighted by Gasteiger charge is 2.41. The Labute approximate surface area is 307 Å². The topological polar surface area (TPSA) is 91.3 Å². The number of nitrogens with one attached hydrogen (secondary N) is 2. The summed E-state index contributed by atoms with van der Waals surface area (Å²) in [6.45, 7) is 16.8. The van der Waals surface area contributed by atoms with Crippen LogP contribution in [0.5, 0.6) is 0 Å². The molecular weight excluding hydrogens is 670 g/mol. The number of nitrogens with zero attached hydrogens (tertiary/aromatic N) is 6. The zero-order valence-corrected chi connectivity index (χ0v) is 32.3. The van der Waals surface area contributed by atoms with Crippen molar-refractivity contribution in [1.29, 1.82) is 0 Å². The van der Waals surface area contributed by atoms with E-state index in [1.807, 2.05) is 0 Å². The van der Waals surface area contributed by atoms with E-state index in [4.69, 9.17) is 24.7 Å². The van der Waals surface area contributed by atoms with Crippen LogP contribution in [0.1, 0.15) is 47.2 Å². The van der Waals surface area contributed by atoms with Crippen LogP contribution in [0.4, 0.5) is 0 Å². The maximum Gasteiger partial charge on any atom is 0.431 e. The second-order valence-electron chi connectivity index (χ2n) is 13.8. The Bertz CT molecular complexity index is 2260. The highest BCUT2D eigenvalue weighted by Crippen LogP contribution is 2.41. The van der Waals surface area contributed by atoms with Gasteiger partial charge in [-0.2, -0.15) is 0 Å². The second kappa shape index (κ2) is 12.4. The Balaban J connectivity index is 1.08. The van der Waals surface area contributed by atoms with Crippen LogP contribution in [0.25, 0.3) is 41.3 Å². The lowest BCUT2D eigenvalue weighted by Crippen LogP contribution is -2.53. The molecule has 0 saturated heterocycles. The Morgan fingerprint density at radius 3 is 1.31 bits per heavy atom. The fraction of sp³-hybridized carbons (Fsp3) is 0.263. The van der Waals surface area contributed by atoms with Crippen LogP contribution in [0, 0.1) is 41.5 Å². The van der Waals surface area contributed by atoms with Gasteiger partial charge in [0.05, 0.1) is 43.0 Å². The largest absolute Gasteiger partial charge is 0.431 e. The van der Waals surface area contributed by atoms with E-state index < -0.39 is 0 Å². The van der Waals surface area contributed by atoms with Gasteiger partial charge < -0.3 is 24.8 Å². The molecule has 2 aliphatic heterocycles. The molecule has 9 nitrogen and oxygen atoms in total. The van der Waals surface area contributed by atoms with E-state index in [2.05, 4.69) is 126 Å². The average molecular weight is 711 g/mol. The number of hydrogen-bond acceptors (Lipinski definition) is 11. The summed E-state index contributed by atoms with van der Waals surface area (Å²) in [7, 11) is 4.15. The average Bonchev–Trinajstić information content (AvgIpc) is 3.79. The minimum atomic E-state index is -0.218. The first-order chi connectivity index (χ1) is 24.5. The Morgan fingerprint density at radius 1 is 0.569 bits per heavy atom. The number of thiophene rings is 2. The van der Waals surface area contributed by atoms with E-state index in [0.29, 0.717) is 11.8 Å². The monoisotopic (exact) mass is 710 g/mol. The maximum absolute atomic E-state index is 6.70. The van der Waals surface area contributed by atoms with Crippen LogP contribution in [0.3, 0.4) is 0 Å². The van der Waals surface area contributed by atoms with Crippen molar-refractivity contribution in [3.05, 3.63) is 106 Å². The van der Waals surface area contributed by atoms with Crippen molar-refractivity contribution in [2.45, 2.75) is 55.4 Å². The predicted molar refractivity (Wildman–Crippen MR) is 213 cm³/mol. The van der Waals surface area contributed by atoms with Gasteiger partial charge in [0.15, 0.2) is 0 Å². The zero-order valence-electron chi connectivity index (χ0n) is 30.7. The lowest BCUT2D eigenvalue weighted by molar-refractivity contribution is 0.269. The molecule has 0 fully saturated rings. The van der Waals surface area contributed by atoms with E-state index in [-0.39, 0.29) is 14.0 Å². The highest BCUT2D eigenvalue weighted by molar-refractivity contribution is 7.24. The fourth-order valence-corrected chi connectivity index (χ4v) is 10.4. The molecule has 6 aromatic rings. The molecule has 8 rings (SSSR count). The van der Waals surface area contributed by atoms with Crippen LogP contribution in [0.15, 0.2) is 72.2 Å². The number of hydrogen-bond donors (Lipinski definition) is 2. The summed E-state index contributed by atoms with van der Waals surface area (Å²) in [5.74, 6) is 1.37. The first kappa shape index (κ1) is 33.3. The van der Waals surface area contributed by atoms with Gasteiger partial charge in [-0.05, 0) is 114 Å². The van der Waals surface area contributed by atoms with Gasteiger partial charge in [-0.15, -0.1) is 22.7 Å². The molecule has 0 saturated carbocycles. The van der Waals surface area contributed by atoms with Gasteiger partial charge in [0.1, 0.15) is 12.7 Å². The number of aromatic nitrogens is 4. The van der Waals surface area contributed by atoms with Crippen LogP contribution < -0.4 is 21.6 Å². The van der Waals surface area contributed by atoms with Gasteiger partial charge in [0.2, 0.25) is 11.8 Å². The molecule has 51 heavy (non-hydrogen) atoms. The molecule has 0 amide bonds. The molecule has 0 atom stereocenters. The summed E-state index contributed by atoms with van der Waals surface area (Å²) in [6, 6.07) is 12.9. The molecular formula is C38H40B2N8OS2. The van der Waals surface area contributed by atoms with Gasteiger partial charge >= 0.3 is 14.0 Å². The van der Waals surface area contributed by atoms with Crippen LogP contribution in [-0.2, 0) is 4.74 Å². The van der Waals surface area contributed by atoms with E-state index in [1.54, 1.807) is 35.3 Å². The number of benzene rings is 2. The fourth-order valence-electron chi connectivity index (χ4n) is 7.47. The first-order valence-corrected chi connectivity index (χ1v) is 18.8. The van der Waals surface area contributed by atoms with Crippen molar-refractivity contribution in [2.75, 3.05) is 14.1 Å². The zero-order chi connectivity index (χ0) is 35.9. The van der Waals surface area contributed by atoms with Gasteiger partial charge in [0, 0.05) is 9.75 Å². The highest BCUT2D eigenvalue weighted by atomic mass is 32.1. The lowest BCUT2D eigenvalue weighted by atomic mass is 9.71. The van der Waals surface area contributed by atoms with E-state index >= 15 is 0 Å². The molecule has 0 aliphatic carbocycles. The van der Waals surface area contributed by atoms with Gasteiger partial charge in [-0.3, -0.25) is 0 Å². The minimum absolute atomic E-state index is 0.218. The van der Waals surface area contributed by atoms with E-state index in [0.717, 1.165) is 43.0 Å². The molecule has 256 valence electrons. The molecule has 13 heteroatoms. The summed E-state index contributed by atoms with van der Waals surface area (Å²) in [5.41, 5.74) is 15.8. The molecule has 0 bridgehead atoms. The SMILES string of the molecule is CC1=C(OC2=C(C)N(C)B(c3ncnc4c(C)c(-c5c(C)cccc5C)sc34)N2)NB(c2ncnc3c(C)c(-c4c(C)cccc4C)sc23)N1C. The lowest BCUT2D eigenvalue weighted by Gasteiger charge is -2.18. The van der Waals surface area contributed by atoms with E-state index in [9.17, 15) is 0 Å². The minimum Gasteiger partial charge on any atom is -0.424 e. The summed E-state index contributed by atoms with van der Waals surface area (Å²) in [5, 5.41) is 7.32. The standard InChI is InChI=1S/C38H40B2N8OS2/c1-19-13-11-14-20(2)27(19)31-23(5)29-33(50-31)35(43-17-41-29)39-45-37(25(7)47(39)9)49-38-26(8)48(10)40(46-38)36-34-30(42-18-44-36)24(6)32(51-34)28-21(3)15-12-16-22(28)4/h11-18,45-46H,1-10H3. The Kier molecular flexibility index (Phi) is 8.10. The van der Waals surface area contributed by atoms with Gasteiger partial charge in [-0.25, -0.2) is 19.9 Å². The molecule has 0 spiro atoms. The van der Waals surface area contributed by atoms with Gasteiger partial charge in [0.25, 0.3) is 0 Å². The second-order valence-corrected chi connectivity index (χ2v) is 15.8. The number of rotatable bonds is 6. The van der Waals surface area contributed by atoms with Crippen molar-refractivity contribution in [3.63, 3.8) is 0 Å². The van der Waals surface area contributed by atoms with Crippen molar-refractivity contribution in [1.82, 2.24) is 40.0 Å². The third kappa shape index (κ3) is 5.19. The summed E-state index contributed by atoms with van der Waals surface area (Å²) in [4.78, 5) is 26.1. The molecule has 6 heterocycles. The smallest absolute Gasteiger partial charge is 0.424 e. The van der Waals surface area contributed by atoms with Crippen LogP contribution in [0.2, 0.25) is 0 Å². The van der Waals surface area contributed by atoms with Gasteiger partial charge in [-0.1, -0.05) is 36.4 Å². The molecule has 2 aliphatic rings. The summed E-state index contributed by atoms with van der Waals surface area (Å²) < 4.78 is 8.86. The molecule has 2 aromatic carbocycles. The Hall–Kier alpha value is -4.87. The molecule has 0 radical (unpaired) electrons.